The van der Waals surface area contributed by atoms with Crippen LogP contribution in [0.25, 0.3) is 0 Å². The minimum absolute atomic E-state index is 0.260. The van der Waals surface area contributed by atoms with Crippen LogP contribution in [0.5, 0.6) is 5.75 Å². The lowest BCUT2D eigenvalue weighted by molar-refractivity contribution is 0.246. The van der Waals surface area contributed by atoms with E-state index in [1.807, 2.05) is 29.9 Å². The molecule has 1 aliphatic rings. The molecule has 3 rings (SSSR count). The van der Waals surface area contributed by atoms with Crippen molar-refractivity contribution in [1.82, 2.24) is 14.1 Å². The smallest absolute Gasteiger partial charge is 0.246 e. The van der Waals surface area contributed by atoms with E-state index in [0.717, 1.165) is 24.9 Å². The molecule has 0 spiro atoms. The second-order valence-corrected chi connectivity index (χ2v) is 8.14. The molecule has 0 amide bonds. The number of methoxy groups -OCH3 is 1. The molecule has 1 aliphatic heterocycles. The topological polar surface area (TPSA) is 64.4 Å². The highest BCUT2D eigenvalue weighted by atomic mass is 32.2. The molecule has 24 heavy (non-hydrogen) atoms. The molecule has 0 radical (unpaired) electrons. The molecule has 1 fully saturated rings. The minimum atomic E-state index is -3.53. The van der Waals surface area contributed by atoms with Crippen LogP contribution >= 0.6 is 0 Å². The Kier molecular flexibility index (Phi) is 4.91. The first-order valence-electron chi connectivity index (χ1n) is 8.13. The Bertz CT molecular complexity index is 779. The van der Waals surface area contributed by atoms with Crippen LogP contribution < -0.4 is 4.74 Å². The number of piperidine rings is 1. The summed E-state index contributed by atoms with van der Waals surface area (Å²) in [4.78, 5) is 0.260. The van der Waals surface area contributed by atoms with Crippen LogP contribution in [0.2, 0.25) is 0 Å². The van der Waals surface area contributed by atoms with Crippen molar-refractivity contribution in [3.63, 3.8) is 0 Å². The van der Waals surface area contributed by atoms with E-state index < -0.39 is 10.0 Å². The van der Waals surface area contributed by atoms with Crippen molar-refractivity contribution < 1.29 is 13.2 Å². The molecule has 6 nitrogen and oxygen atoms in total. The summed E-state index contributed by atoms with van der Waals surface area (Å²) in [5.41, 5.74) is 0.906. The Morgan fingerprint density at radius 2 is 2.04 bits per heavy atom. The molecule has 0 bridgehead atoms. The summed E-state index contributed by atoms with van der Waals surface area (Å²) in [5, 5.41) is 4.23. The lowest BCUT2D eigenvalue weighted by Gasteiger charge is -2.31. The van der Waals surface area contributed by atoms with E-state index in [2.05, 4.69) is 5.10 Å². The first kappa shape index (κ1) is 17.0. The predicted octanol–water partition coefficient (Wildman–Crippen LogP) is 2.30. The number of hydrogen-bond donors (Lipinski definition) is 0. The van der Waals surface area contributed by atoms with Crippen LogP contribution in [0.3, 0.4) is 0 Å². The van der Waals surface area contributed by atoms with Gasteiger partial charge >= 0.3 is 0 Å². The average Bonchev–Trinajstić information content (AvgIpc) is 3.08. The van der Waals surface area contributed by atoms with E-state index in [4.69, 9.17) is 4.74 Å². The number of aryl methyl sites for hydroxylation is 1. The van der Waals surface area contributed by atoms with E-state index in [9.17, 15) is 8.42 Å². The molecule has 1 aromatic heterocycles. The molecule has 2 aromatic rings. The van der Waals surface area contributed by atoms with Gasteiger partial charge in [-0.2, -0.15) is 9.40 Å². The Morgan fingerprint density at radius 1 is 1.29 bits per heavy atom. The third kappa shape index (κ3) is 3.47. The molecular weight excluding hydrogens is 326 g/mol. The van der Waals surface area contributed by atoms with Gasteiger partial charge in [0.25, 0.3) is 0 Å². The van der Waals surface area contributed by atoms with Gasteiger partial charge in [-0.3, -0.25) is 4.68 Å². The van der Waals surface area contributed by atoms with Gasteiger partial charge in [-0.15, -0.1) is 0 Å². The molecule has 0 aliphatic carbocycles. The molecule has 7 heteroatoms. The van der Waals surface area contributed by atoms with Crippen molar-refractivity contribution in [3.05, 3.63) is 42.2 Å². The molecule has 0 saturated carbocycles. The van der Waals surface area contributed by atoms with Crippen molar-refractivity contribution in [1.29, 1.82) is 0 Å². The Labute approximate surface area is 143 Å². The summed E-state index contributed by atoms with van der Waals surface area (Å²) in [7, 11) is -2.03. The second kappa shape index (κ2) is 6.94. The number of rotatable bonds is 5. The maximum Gasteiger partial charge on any atom is 0.246 e. The van der Waals surface area contributed by atoms with Gasteiger partial charge in [-0.1, -0.05) is 6.07 Å². The van der Waals surface area contributed by atoms with Crippen LogP contribution in [0.1, 0.15) is 18.4 Å². The highest BCUT2D eigenvalue weighted by Crippen LogP contribution is 2.30. The SMILES string of the molecule is COc1ccc(C)cc1S(=O)(=O)N1CCC(Cn2cccn2)CC1. The molecular formula is C17H23N3O3S. The molecule has 2 heterocycles. The van der Waals surface area contributed by atoms with E-state index in [1.165, 1.54) is 7.11 Å². The van der Waals surface area contributed by atoms with Crippen LogP contribution in [0.4, 0.5) is 0 Å². The standard InChI is InChI=1S/C17H23N3O3S/c1-14-4-5-16(23-2)17(12-14)24(21,22)20-10-6-15(7-11-20)13-19-9-3-8-18-19/h3-5,8-9,12,15H,6-7,10-11,13H2,1-2H3. The van der Waals surface area contributed by atoms with E-state index in [1.54, 1.807) is 22.6 Å². The normalized spacial score (nSPS) is 17.1. The number of aromatic nitrogens is 2. The Morgan fingerprint density at radius 3 is 2.67 bits per heavy atom. The summed E-state index contributed by atoms with van der Waals surface area (Å²) in [6.07, 6.45) is 5.39. The quantitative estimate of drug-likeness (QED) is 0.831. The average molecular weight is 349 g/mol. The summed E-state index contributed by atoms with van der Waals surface area (Å²) in [5.74, 6) is 0.856. The fraction of sp³-hybridized carbons (Fsp3) is 0.471. The second-order valence-electron chi connectivity index (χ2n) is 6.23. The molecule has 130 valence electrons. The molecule has 0 unspecified atom stereocenters. The van der Waals surface area contributed by atoms with Crippen LogP contribution in [-0.4, -0.2) is 42.7 Å². The number of sulfonamides is 1. The zero-order valence-corrected chi connectivity index (χ0v) is 14.9. The Balaban J connectivity index is 1.72. The number of hydrogen-bond acceptors (Lipinski definition) is 4. The zero-order chi connectivity index (χ0) is 17.2. The molecule has 0 atom stereocenters. The van der Waals surface area contributed by atoms with Crippen molar-refractivity contribution >= 4 is 10.0 Å². The number of ether oxygens (including phenoxy) is 1. The fourth-order valence-electron chi connectivity index (χ4n) is 3.13. The number of benzene rings is 1. The fourth-order valence-corrected chi connectivity index (χ4v) is 4.84. The van der Waals surface area contributed by atoms with Crippen molar-refractivity contribution in [2.24, 2.45) is 5.92 Å². The van der Waals surface area contributed by atoms with Gasteiger partial charge in [0, 0.05) is 32.0 Å². The molecule has 0 N–H and O–H groups in total. The van der Waals surface area contributed by atoms with Gasteiger partial charge < -0.3 is 4.74 Å². The summed E-state index contributed by atoms with van der Waals surface area (Å²) >= 11 is 0. The van der Waals surface area contributed by atoms with E-state index in [-0.39, 0.29) is 4.90 Å². The first-order valence-corrected chi connectivity index (χ1v) is 9.57. The molecule has 1 aromatic carbocycles. The van der Waals surface area contributed by atoms with Gasteiger partial charge in [0.05, 0.1) is 7.11 Å². The van der Waals surface area contributed by atoms with E-state index >= 15 is 0 Å². The predicted molar refractivity (Wildman–Crippen MR) is 91.4 cm³/mol. The van der Waals surface area contributed by atoms with Gasteiger partial charge in [-0.25, -0.2) is 8.42 Å². The van der Waals surface area contributed by atoms with Crippen LogP contribution in [0.15, 0.2) is 41.6 Å². The monoisotopic (exact) mass is 349 g/mol. The van der Waals surface area contributed by atoms with Crippen molar-refractivity contribution in [3.8, 4) is 5.75 Å². The number of nitrogens with zero attached hydrogens (tertiary/aromatic N) is 3. The maximum atomic E-state index is 13.0. The van der Waals surface area contributed by atoms with Crippen LogP contribution in [0, 0.1) is 12.8 Å². The third-order valence-corrected chi connectivity index (χ3v) is 6.43. The highest BCUT2D eigenvalue weighted by molar-refractivity contribution is 7.89. The lowest BCUT2D eigenvalue weighted by atomic mass is 9.98. The minimum Gasteiger partial charge on any atom is -0.495 e. The Hall–Kier alpha value is -1.86. The van der Waals surface area contributed by atoms with Crippen molar-refractivity contribution in [2.75, 3.05) is 20.2 Å². The third-order valence-electron chi connectivity index (χ3n) is 4.51. The highest BCUT2D eigenvalue weighted by Gasteiger charge is 2.31. The van der Waals surface area contributed by atoms with Gasteiger partial charge in [-0.05, 0) is 49.4 Å². The summed E-state index contributed by atoms with van der Waals surface area (Å²) < 4.78 is 34.7. The van der Waals surface area contributed by atoms with E-state index in [0.29, 0.717) is 24.8 Å². The lowest BCUT2D eigenvalue weighted by Crippen LogP contribution is -2.39. The molecule has 1 saturated heterocycles. The van der Waals surface area contributed by atoms with Crippen molar-refractivity contribution in [2.45, 2.75) is 31.2 Å². The first-order chi connectivity index (χ1) is 11.5. The maximum absolute atomic E-state index is 13.0. The largest absolute Gasteiger partial charge is 0.495 e. The van der Waals surface area contributed by atoms with Gasteiger partial charge in [0.1, 0.15) is 10.6 Å². The summed E-state index contributed by atoms with van der Waals surface area (Å²) in [6.45, 7) is 3.79. The van der Waals surface area contributed by atoms with Gasteiger partial charge in [0.2, 0.25) is 10.0 Å². The summed E-state index contributed by atoms with van der Waals surface area (Å²) in [6, 6.07) is 7.16. The zero-order valence-electron chi connectivity index (χ0n) is 14.1. The van der Waals surface area contributed by atoms with Crippen LogP contribution in [-0.2, 0) is 16.6 Å². The van der Waals surface area contributed by atoms with Gasteiger partial charge in [0.15, 0.2) is 0 Å².